The molecule has 1 aromatic heterocycles. The molecule has 0 aliphatic carbocycles. The first-order valence-corrected chi connectivity index (χ1v) is 11.4. The van der Waals surface area contributed by atoms with E-state index < -0.39 is 33.5 Å². The second-order valence-corrected chi connectivity index (χ2v) is 9.56. The maximum Gasteiger partial charge on any atom is 0.322 e. The summed E-state index contributed by atoms with van der Waals surface area (Å²) < 4.78 is 59.3. The van der Waals surface area contributed by atoms with Crippen LogP contribution in [0.1, 0.15) is 12.8 Å². The van der Waals surface area contributed by atoms with E-state index in [4.69, 9.17) is 16.0 Å². The molecule has 0 spiro atoms. The van der Waals surface area contributed by atoms with Crippen molar-refractivity contribution in [2.75, 3.05) is 18.4 Å². The first-order chi connectivity index (χ1) is 15.2. The van der Waals surface area contributed by atoms with Gasteiger partial charge in [-0.2, -0.15) is 4.31 Å². The van der Waals surface area contributed by atoms with Crippen LogP contribution in [0.25, 0.3) is 11.5 Å². The number of rotatable bonds is 5. The molecule has 1 aliphatic rings. The lowest BCUT2D eigenvalue weighted by atomic mass is 9.99. The summed E-state index contributed by atoms with van der Waals surface area (Å²) in [6.07, 6.45) is 0.951. The van der Waals surface area contributed by atoms with E-state index in [1.807, 2.05) is 0 Å². The number of halogens is 3. The molecule has 32 heavy (non-hydrogen) atoms. The van der Waals surface area contributed by atoms with Gasteiger partial charge in [0, 0.05) is 24.2 Å². The molecular formula is C20H17ClF2N4O4S. The Labute approximate surface area is 187 Å². The molecule has 1 aliphatic heterocycles. The predicted octanol–water partition coefficient (Wildman–Crippen LogP) is 3.71. The van der Waals surface area contributed by atoms with Crippen LogP contribution in [0.2, 0.25) is 5.02 Å². The van der Waals surface area contributed by atoms with E-state index in [9.17, 15) is 22.0 Å². The third-order valence-corrected chi connectivity index (χ3v) is 7.15. The van der Waals surface area contributed by atoms with Crippen molar-refractivity contribution in [3.8, 4) is 11.5 Å². The van der Waals surface area contributed by atoms with Gasteiger partial charge in [0.25, 0.3) is 5.89 Å². The molecule has 168 valence electrons. The number of anilines is 1. The van der Waals surface area contributed by atoms with Crippen molar-refractivity contribution in [2.24, 2.45) is 5.92 Å². The predicted molar refractivity (Wildman–Crippen MR) is 111 cm³/mol. The molecule has 3 aromatic rings. The summed E-state index contributed by atoms with van der Waals surface area (Å²) in [5.41, 5.74) is -0.114. The lowest BCUT2D eigenvalue weighted by molar-refractivity contribution is -0.121. The number of benzene rings is 2. The number of hydrogen-bond acceptors (Lipinski definition) is 6. The smallest absolute Gasteiger partial charge is 0.322 e. The van der Waals surface area contributed by atoms with Crippen LogP contribution >= 0.6 is 11.6 Å². The summed E-state index contributed by atoms with van der Waals surface area (Å²) in [7, 11) is -3.79. The summed E-state index contributed by atoms with van der Waals surface area (Å²) in [6.45, 7) is 0.258. The van der Waals surface area contributed by atoms with Gasteiger partial charge in [-0.1, -0.05) is 16.7 Å². The fraction of sp³-hybridized carbons (Fsp3) is 0.250. The normalized spacial score (nSPS) is 17.3. The molecule has 1 N–H and O–H groups in total. The third kappa shape index (κ3) is 4.64. The van der Waals surface area contributed by atoms with E-state index in [1.165, 1.54) is 28.6 Å². The van der Waals surface area contributed by atoms with E-state index in [0.717, 1.165) is 12.1 Å². The zero-order valence-corrected chi connectivity index (χ0v) is 18.0. The average molecular weight is 483 g/mol. The molecule has 1 fully saturated rings. The highest BCUT2D eigenvalue weighted by molar-refractivity contribution is 7.89. The van der Waals surface area contributed by atoms with Crippen molar-refractivity contribution in [2.45, 2.75) is 17.7 Å². The molecule has 1 atom stereocenters. The summed E-state index contributed by atoms with van der Waals surface area (Å²) in [4.78, 5) is 12.8. The van der Waals surface area contributed by atoms with Gasteiger partial charge < -0.3 is 4.42 Å². The Bertz CT molecular complexity index is 1250. The number of carbonyl (C=O) groups excluding carboxylic acids is 1. The summed E-state index contributed by atoms with van der Waals surface area (Å²) in [6, 6.07) is 8.38. The first-order valence-electron chi connectivity index (χ1n) is 9.59. The van der Waals surface area contributed by atoms with Crippen molar-refractivity contribution in [1.29, 1.82) is 0 Å². The number of amides is 1. The average Bonchev–Trinajstić information content (AvgIpc) is 3.22. The largest absolute Gasteiger partial charge is 0.403 e. The van der Waals surface area contributed by atoms with E-state index in [0.29, 0.717) is 23.9 Å². The number of piperidine rings is 1. The van der Waals surface area contributed by atoms with E-state index in [-0.39, 0.29) is 35.5 Å². The van der Waals surface area contributed by atoms with Gasteiger partial charge in [0.1, 0.15) is 11.6 Å². The van der Waals surface area contributed by atoms with Crippen LogP contribution in [0.5, 0.6) is 0 Å². The Morgan fingerprint density at radius 2 is 1.91 bits per heavy atom. The zero-order valence-electron chi connectivity index (χ0n) is 16.5. The molecule has 0 bridgehead atoms. The van der Waals surface area contributed by atoms with Crippen LogP contribution in [-0.4, -0.2) is 41.9 Å². The Kier molecular flexibility index (Phi) is 6.22. The highest BCUT2D eigenvalue weighted by Crippen LogP contribution is 2.27. The van der Waals surface area contributed by atoms with Gasteiger partial charge >= 0.3 is 6.01 Å². The number of nitrogens with one attached hydrogen (secondary N) is 1. The molecule has 8 nitrogen and oxygen atoms in total. The van der Waals surface area contributed by atoms with Gasteiger partial charge in [0.15, 0.2) is 0 Å². The lowest BCUT2D eigenvalue weighted by Crippen LogP contribution is -2.43. The third-order valence-electron chi connectivity index (χ3n) is 5.02. The fourth-order valence-corrected chi connectivity index (χ4v) is 5.03. The van der Waals surface area contributed by atoms with Crippen LogP contribution < -0.4 is 5.32 Å². The van der Waals surface area contributed by atoms with Gasteiger partial charge in [0.2, 0.25) is 15.9 Å². The summed E-state index contributed by atoms with van der Waals surface area (Å²) in [5, 5.41) is 10.2. The number of hydrogen-bond donors (Lipinski definition) is 1. The minimum atomic E-state index is -3.79. The van der Waals surface area contributed by atoms with Crippen LogP contribution in [0, 0.1) is 17.6 Å². The maximum absolute atomic E-state index is 13.9. The van der Waals surface area contributed by atoms with E-state index >= 15 is 0 Å². The molecule has 1 unspecified atom stereocenters. The highest BCUT2D eigenvalue weighted by Gasteiger charge is 2.34. The number of nitrogens with zero attached hydrogens (tertiary/aromatic N) is 3. The standard InChI is InChI=1S/C20H17ClF2N4O4S/c21-13-3-6-15(7-4-13)32(29,30)27-9-1-2-12(11-27)18(28)24-20-26-25-19(31-20)16-8-5-14(22)10-17(16)23/h3-8,10,12H,1-2,9,11H2,(H,24,26,28). The number of aromatic nitrogens is 2. The van der Waals surface area contributed by atoms with E-state index in [1.54, 1.807) is 0 Å². The Morgan fingerprint density at radius 3 is 2.62 bits per heavy atom. The Morgan fingerprint density at radius 1 is 1.16 bits per heavy atom. The van der Waals surface area contributed by atoms with Crippen molar-refractivity contribution in [1.82, 2.24) is 14.5 Å². The molecule has 4 rings (SSSR count). The second-order valence-electron chi connectivity index (χ2n) is 7.18. The first kappa shape index (κ1) is 22.3. The van der Waals surface area contributed by atoms with Gasteiger partial charge in [-0.25, -0.2) is 17.2 Å². The SMILES string of the molecule is O=C(Nc1nnc(-c2ccc(F)cc2F)o1)C1CCCN(S(=O)(=O)c2ccc(Cl)cc2)C1. The van der Waals surface area contributed by atoms with Gasteiger partial charge in [-0.15, -0.1) is 5.10 Å². The van der Waals surface area contributed by atoms with Gasteiger partial charge in [0.05, 0.1) is 16.4 Å². The van der Waals surface area contributed by atoms with E-state index in [2.05, 4.69) is 15.5 Å². The van der Waals surface area contributed by atoms with Gasteiger partial charge in [-0.3, -0.25) is 10.1 Å². The fourth-order valence-electron chi connectivity index (χ4n) is 3.38. The molecule has 2 heterocycles. The monoisotopic (exact) mass is 482 g/mol. The maximum atomic E-state index is 13.9. The van der Waals surface area contributed by atoms with Crippen LogP contribution in [-0.2, 0) is 14.8 Å². The van der Waals surface area contributed by atoms with Crippen molar-refractivity contribution in [3.05, 3.63) is 59.1 Å². The lowest BCUT2D eigenvalue weighted by Gasteiger charge is -2.30. The topological polar surface area (TPSA) is 105 Å². The second kappa shape index (κ2) is 8.93. The van der Waals surface area contributed by atoms with Crippen LogP contribution in [0.15, 0.2) is 51.8 Å². The molecule has 0 radical (unpaired) electrons. The zero-order chi connectivity index (χ0) is 22.9. The van der Waals surface area contributed by atoms with Crippen LogP contribution in [0.4, 0.5) is 14.8 Å². The minimum Gasteiger partial charge on any atom is -0.403 e. The molecular weight excluding hydrogens is 466 g/mol. The van der Waals surface area contributed by atoms with Crippen molar-refractivity contribution >= 4 is 33.5 Å². The number of sulfonamides is 1. The quantitative estimate of drug-likeness (QED) is 0.594. The van der Waals surface area contributed by atoms with Crippen molar-refractivity contribution in [3.63, 3.8) is 0 Å². The Balaban J connectivity index is 1.45. The van der Waals surface area contributed by atoms with Crippen molar-refractivity contribution < 1.29 is 26.4 Å². The molecule has 1 saturated heterocycles. The minimum absolute atomic E-state index is 0.0234. The van der Waals surface area contributed by atoms with Gasteiger partial charge in [-0.05, 0) is 49.2 Å². The molecule has 0 saturated carbocycles. The molecule has 12 heteroatoms. The van der Waals surface area contributed by atoms with Crippen LogP contribution in [0.3, 0.4) is 0 Å². The number of carbonyl (C=O) groups is 1. The molecule has 2 aromatic carbocycles. The molecule has 1 amide bonds. The highest BCUT2D eigenvalue weighted by atomic mass is 35.5. The Hall–Kier alpha value is -2.89. The summed E-state index contributed by atoms with van der Waals surface area (Å²) in [5.74, 6) is -3.02. The summed E-state index contributed by atoms with van der Waals surface area (Å²) >= 11 is 5.83.